The zero-order chi connectivity index (χ0) is 16.2. The molecule has 0 atom stereocenters. The molecule has 3 rings (SSSR count). The van der Waals surface area contributed by atoms with Crippen molar-refractivity contribution in [2.24, 2.45) is 0 Å². The Kier molecular flexibility index (Phi) is 3.98. The molecule has 1 heterocycles. The number of nitriles is 1. The van der Waals surface area contributed by atoms with Crippen LogP contribution in [0.5, 0.6) is 17.2 Å². The molecular weight excluding hydrogens is 294 g/mol. The van der Waals surface area contributed by atoms with E-state index in [9.17, 15) is 4.79 Å². The lowest BCUT2D eigenvalue weighted by Gasteiger charge is -2.17. The van der Waals surface area contributed by atoms with Crippen LogP contribution in [0.3, 0.4) is 0 Å². The van der Waals surface area contributed by atoms with E-state index in [2.05, 4.69) is 0 Å². The minimum atomic E-state index is -0.512. The van der Waals surface area contributed by atoms with Gasteiger partial charge in [-0.2, -0.15) is 5.26 Å². The fourth-order valence-corrected chi connectivity index (χ4v) is 2.22. The summed E-state index contributed by atoms with van der Waals surface area (Å²) in [4.78, 5) is 12.3. The van der Waals surface area contributed by atoms with Crippen LogP contribution >= 0.6 is 0 Å². The highest BCUT2D eigenvalue weighted by atomic mass is 16.6. The number of rotatable bonds is 3. The van der Waals surface area contributed by atoms with Crippen LogP contribution < -0.4 is 14.2 Å². The lowest BCUT2D eigenvalue weighted by Crippen LogP contribution is -2.19. The van der Waals surface area contributed by atoms with Crippen LogP contribution in [0.4, 0.5) is 0 Å². The average Bonchev–Trinajstić information content (AvgIpc) is 2.61. The second-order valence-electron chi connectivity index (χ2n) is 4.86. The van der Waals surface area contributed by atoms with E-state index in [1.807, 2.05) is 30.3 Å². The molecule has 0 bridgehead atoms. The number of carbonyl (C=O) groups is 1. The summed E-state index contributed by atoms with van der Waals surface area (Å²) in [6, 6.07) is 14.1. The second kappa shape index (κ2) is 6.24. The van der Waals surface area contributed by atoms with Crippen molar-refractivity contribution in [1.82, 2.24) is 0 Å². The average molecular weight is 307 g/mol. The third-order valence-corrected chi connectivity index (χ3v) is 3.39. The number of ether oxygens (including phenoxy) is 3. The van der Waals surface area contributed by atoms with Crippen molar-refractivity contribution in [3.63, 3.8) is 0 Å². The molecule has 23 heavy (non-hydrogen) atoms. The van der Waals surface area contributed by atoms with E-state index in [0.29, 0.717) is 16.9 Å². The van der Waals surface area contributed by atoms with Gasteiger partial charge in [0.1, 0.15) is 12.4 Å². The third kappa shape index (κ3) is 3.01. The number of carbonyl (C=O) groups excluding carboxylic acids is 1. The predicted octanol–water partition coefficient (Wildman–Crippen LogP) is 2.95. The van der Waals surface area contributed by atoms with Gasteiger partial charge in [-0.1, -0.05) is 18.2 Å². The van der Waals surface area contributed by atoms with Crippen LogP contribution in [0.15, 0.2) is 48.0 Å². The highest BCUT2D eigenvalue weighted by Crippen LogP contribution is 2.30. The number of methoxy groups -OCH3 is 1. The van der Waals surface area contributed by atoms with Crippen molar-refractivity contribution in [3.8, 4) is 23.3 Å². The monoisotopic (exact) mass is 307 g/mol. The van der Waals surface area contributed by atoms with Gasteiger partial charge in [0.25, 0.3) is 0 Å². The van der Waals surface area contributed by atoms with Gasteiger partial charge in [0.2, 0.25) is 0 Å². The van der Waals surface area contributed by atoms with Gasteiger partial charge in [0.05, 0.1) is 24.3 Å². The molecule has 2 aromatic carbocycles. The molecule has 1 aliphatic rings. The summed E-state index contributed by atoms with van der Waals surface area (Å²) in [6.45, 7) is 0.147. The summed E-state index contributed by atoms with van der Waals surface area (Å²) >= 11 is 0. The Labute approximate surface area is 133 Å². The van der Waals surface area contributed by atoms with E-state index in [1.165, 1.54) is 19.2 Å². The largest absolute Gasteiger partial charge is 0.493 e. The first kappa shape index (κ1) is 14.7. The standard InChI is InChI=1S/C18H13NO4/c1-21-17-8-12(10-19)6-7-16(17)23-18(20)14-9-13-4-2-3-5-15(13)22-11-14/h2-9H,11H2,1H3. The molecule has 0 aromatic heterocycles. The fourth-order valence-electron chi connectivity index (χ4n) is 2.22. The third-order valence-electron chi connectivity index (χ3n) is 3.39. The highest BCUT2D eigenvalue weighted by Gasteiger charge is 2.20. The molecule has 0 N–H and O–H groups in total. The maximum Gasteiger partial charge on any atom is 0.343 e. The molecule has 0 aliphatic carbocycles. The Hall–Kier alpha value is -3.26. The molecule has 1 aliphatic heterocycles. The summed E-state index contributed by atoms with van der Waals surface area (Å²) in [6.07, 6.45) is 1.75. The van der Waals surface area contributed by atoms with E-state index < -0.39 is 5.97 Å². The summed E-state index contributed by atoms with van der Waals surface area (Å²) < 4.78 is 16.1. The van der Waals surface area contributed by atoms with Crippen molar-refractivity contribution < 1.29 is 19.0 Å². The lowest BCUT2D eigenvalue weighted by atomic mass is 10.1. The topological polar surface area (TPSA) is 68.5 Å². The normalized spacial score (nSPS) is 12.3. The van der Waals surface area contributed by atoms with Gasteiger partial charge in [-0.3, -0.25) is 0 Å². The Morgan fingerprint density at radius 1 is 1.22 bits per heavy atom. The van der Waals surface area contributed by atoms with Crippen molar-refractivity contribution >= 4 is 12.0 Å². The van der Waals surface area contributed by atoms with Crippen LogP contribution in [0.2, 0.25) is 0 Å². The molecule has 0 amide bonds. The molecule has 0 saturated heterocycles. The van der Waals surface area contributed by atoms with Crippen molar-refractivity contribution in [1.29, 1.82) is 5.26 Å². The first-order valence-corrected chi connectivity index (χ1v) is 6.94. The van der Waals surface area contributed by atoms with Crippen LogP contribution in [-0.4, -0.2) is 19.7 Å². The predicted molar refractivity (Wildman–Crippen MR) is 83.3 cm³/mol. The molecule has 5 nitrogen and oxygen atoms in total. The first-order valence-electron chi connectivity index (χ1n) is 6.94. The zero-order valence-electron chi connectivity index (χ0n) is 12.4. The van der Waals surface area contributed by atoms with E-state index in [-0.39, 0.29) is 12.4 Å². The Balaban J connectivity index is 1.83. The van der Waals surface area contributed by atoms with Crippen molar-refractivity contribution in [2.75, 3.05) is 13.7 Å². The van der Waals surface area contributed by atoms with E-state index >= 15 is 0 Å². The molecule has 0 unspecified atom stereocenters. The number of para-hydroxylation sites is 1. The molecule has 0 spiro atoms. The summed E-state index contributed by atoms with van der Waals surface area (Å²) in [5.74, 6) is 0.814. The maximum absolute atomic E-state index is 12.3. The molecular formula is C18H13NO4. The Morgan fingerprint density at radius 3 is 2.83 bits per heavy atom. The highest BCUT2D eigenvalue weighted by molar-refractivity contribution is 5.96. The van der Waals surface area contributed by atoms with Gasteiger partial charge < -0.3 is 14.2 Å². The van der Waals surface area contributed by atoms with Gasteiger partial charge in [0, 0.05) is 11.6 Å². The van der Waals surface area contributed by atoms with Crippen molar-refractivity contribution in [2.45, 2.75) is 0 Å². The van der Waals surface area contributed by atoms with Crippen LogP contribution in [-0.2, 0) is 4.79 Å². The summed E-state index contributed by atoms with van der Waals surface area (Å²) in [5.41, 5.74) is 1.67. The maximum atomic E-state index is 12.3. The second-order valence-corrected chi connectivity index (χ2v) is 4.86. The van der Waals surface area contributed by atoms with E-state index in [4.69, 9.17) is 19.5 Å². The fraction of sp³-hybridized carbons (Fsp3) is 0.111. The summed E-state index contributed by atoms with van der Waals surface area (Å²) in [7, 11) is 1.45. The van der Waals surface area contributed by atoms with Crippen molar-refractivity contribution in [3.05, 3.63) is 59.2 Å². The van der Waals surface area contributed by atoms with Crippen LogP contribution in [0.25, 0.3) is 6.08 Å². The molecule has 5 heteroatoms. The molecule has 0 fully saturated rings. The van der Waals surface area contributed by atoms with Gasteiger partial charge in [-0.25, -0.2) is 4.79 Å². The smallest absolute Gasteiger partial charge is 0.343 e. The number of nitrogens with zero attached hydrogens (tertiary/aromatic N) is 1. The minimum absolute atomic E-state index is 0.147. The number of benzene rings is 2. The SMILES string of the molecule is COc1cc(C#N)ccc1OC(=O)C1=Cc2ccccc2OC1. The van der Waals surface area contributed by atoms with Crippen LogP contribution in [0.1, 0.15) is 11.1 Å². The van der Waals surface area contributed by atoms with Gasteiger partial charge >= 0.3 is 5.97 Å². The lowest BCUT2D eigenvalue weighted by molar-refractivity contribution is -0.130. The van der Waals surface area contributed by atoms with E-state index in [1.54, 1.807) is 12.1 Å². The number of hydrogen-bond donors (Lipinski definition) is 0. The number of esters is 1. The quantitative estimate of drug-likeness (QED) is 0.644. The van der Waals surface area contributed by atoms with Crippen LogP contribution in [0, 0.1) is 11.3 Å². The zero-order valence-corrected chi connectivity index (χ0v) is 12.4. The number of hydrogen-bond acceptors (Lipinski definition) is 5. The van der Waals surface area contributed by atoms with Gasteiger partial charge in [-0.05, 0) is 24.3 Å². The van der Waals surface area contributed by atoms with Gasteiger partial charge in [0.15, 0.2) is 11.5 Å². The Bertz CT molecular complexity index is 833. The molecule has 2 aromatic rings. The van der Waals surface area contributed by atoms with Gasteiger partial charge in [-0.15, -0.1) is 0 Å². The molecule has 0 radical (unpaired) electrons. The molecule has 114 valence electrons. The minimum Gasteiger partial charge on any atom is -0.493 e. The summed E-state index contributed by atoms with van der Waals surface area (Å²) in [5, 5.41) is 8.89. The number of fused-ring (bicyclic) bond motifs is 1. The first-order chi connectivity index (χ1) is 11.2. The Morgan fingerprint density at radius 2 is 2.04 bits per heavy atom. The molecule has 0 saturated carbocycles. The van der Waals surface area contributed by atoms with E-state index in [0.717, 1.165) is 11.3 Å².